The quantitative estimate of drug-likeness (QED) is 0.905. The molecule has 0 aliphatic carbocycles. The van der Waals surface area contributed by atoms with E-state index in [9.17, 15) is 9.90 Å². The van der Waals surface area contributed by atoms with Crippen LogP contribution in [0.15, 0.2) is 24.4 Å². The summed E-state index contributed by atoms with van der Waals surface area (Å²) in [5, 5.41) is 19.8. The highest BCUT2D eigenvalue weighted by Crippen LogP contribution is 2.31. The number of carbonyl (C=O) groups is 1. The Morgan fingerprint density at radius 1 is 1.35 bits per heavy atom. The highest BCUT2D eigenvalue weighted by molar-refractivity contribution is 5.86. The molecule has 2 aromatic rings. The minimum absolute atomic E-state index is 0.0129. The number of carboxylic acid groups (broad SMARTS) is 1. The number of benzene rings is 1. The van der Waals surface area contributed by atoms with Gasteiger partial charge in [-0.25, -0.2) is 0 Å². The molecule has 0 aliphatic rings. The molecule has 0 saturated carbocycles. The molecule has 0 spiro atoms. The number of hydrogen-bond donors (Lipinski definition) is 2. The Bertz CT molecular complexity index is 648. The molecule has 1 aromatic heterocycles. The zero-order valence-electron chi connectivity index (χ0n) is 12.3. The average molecular weight is 275 g/mol. The minimum Gasteiger partial charge on any atom is -0.480 e. The maximum atomic E-state index is 10.9. The molecule has 0 bridgehead atoms. The van der Waals surface area contributed by atoms with Crippen LogP contribution in [0.2, 0.25) is 0 Å². The van der Waals surface area contributed by atoms with E-state index in [1.54, 1.807) is 17.7 Å². The van der Waals surface area contributed by atoms with E-state index >= 15 is 0 Å². The first-order valence-corrected chi connectivity index (χ1v) is 6.73. The molecule has 1 aromatic carbocycles. The van der Waals surface area contributed by atoms with Crippen molar-refractivity contribution in [2.24, 2.45) is 0 Å². The predicted octanol–water partition coefficient (Wildman–Crippen LogP) is 3.08. The third kappa shape index (κ3) is 2.70. The van der Waals surface area contributed by atoms with Gasteiger partial charge in [-0.2, -0.15) is 0 Å². The van der Waals surface area contributed by atoms with Crippen molar-refractivity contribution >= 4 is 16.9 Å². The van der Waals surface area contributed by atoms with Crippen LogP contribution in [-0.4, -0.2) is 20.7 Å². The fraction of sp³-hybridized carbons (Fsp3) is 0.438. The Labute approximate surface area is 118 Å². The van der Waals surface area contributed by atoms with E-state index in [4.69, 9.17) is 5.11 Å². The summed E-state index contributed by atoms with van der Waals surface area (Å²) in [6.45, 7) is 7.99. The third-order valence-corrected chi connectivity index (χ3v) is 3.53. The average Bonchev–Trinajstić information content (AvgIpc) is 2.66. The fourth-order valence-electron chi connectivity index (χ4n) is 2.40. The number of aliphatic hydroxyl groups excluding tert-OH is 1. The first-order chi connectivity index (χ1) is 9.20. The number of fused-ring (bicyclic) bond motifs is 1. The van der Waals surface area contributed by atoms with Crippen LogP contribution < -0.4 is 0 Å². The smallest absolute Gasteiger partial charge is 0.323 e. The third-order valence-electron chi connectivity index (χ3n) is 3.53. The van der Waals surface area contributed by atoms with Crippen molar-refractivity contribution in [3.63, 3.8) is 0 Å². The predicted molar refractivity (Wildman–Crippen MR) is 78.9 cm³/mol. The fourth-order valence-corrected chi connectivity index (χ4v) is 2.40. The topological polar surface area (TPSA) is 62.5 Å². The van der Waals surface area contributed by atoms with Crippen LogP contribution in [0.25, 0.3) is 10.9 Å². The lowest BCUT2D eigenvalue weighted by Gasteiger charge is -2.19. The second-order valence-electron chi connectivity index (χ2n) is 6.26. The van der Waals surface area contributed by atoms with Gasteiger partial charge in [-0.3, -0.25) is 4.79 Å². The van der Waals surface area contributed by atoms with Gasteiger partial charge in [-0.15, -0.1) is 0 Å². The molecule has 0 amide bonds. The summed E-state index contributed by atoms with van der Waals surface area (Å²) >= 11 is 0. The van der Waals surface area contributed by atoms with Gasteiger partial charge >= 0.3 is 5.97 Å². The van der Waals surface area contributed by atoms with Crippen LogP contribution in [0.3, 0.4) is 0 Å². The summed E-state index contributed by atoms with van der Waals surface area (Å²) < 4.78 is 1.67. The second kappa shape index (κ2) is 4.94. The standard InChI is InChI=1S/C16H21NO3/c1-10(18)13-8-17(9-15(19)20)14-6-5-11(7-12(13)14)16(2,3)4/h5-8,10,18H,9H2,1-4H3,(H,19,20). The molecule has 0 fully saturated rings. The molecule has 4 nitrogen and oxygen atoms in total. The number of nitrogens with zero attached hydrogens (tertiary/aromatic N) is 1. The SMILES string of the molecule is CC(O)c1cn(CC(=O)O)c2ccc(C(C)(C)C)cc12. The molecule has 1 atom stereocenters. The van der Waals surface area contributed by atoms with E-state index in [2.05, 4.69) is 26.8 Å². The molecule has 1 heterocycles. The van der Waals surface area contributed by atoms with Crippen molar-refractivity contribution in [3.8, 4) is 0 Å². The molecular formula is C16H21NO3. The van der Waals surface area contributed by atoms with Crippen molar-refractivity contribution < 1.29 is 15.0 Å². The lowest BCUT2D eigenvalue weighted by atomic mass is 9.86. The summed E-state index contributed by atoms with van der Waals surface area (Å²) in [5.41, 5.74) is 2.79. The lowest BCUT2D eigenvalue weighted by Crippen LogP contribution is -2.11. The number of aliphatic hydroxyl groups is 1. The second-order valence-corrected chi connectivity index (χ2v) is 6.26. The van der Waals surface area contributed by atoms with Crippen molar-refractivity contribution in [1.82, 2.24) is 4.57 Å². The number of aliphatic carboxylic acids is 1. The zero-order valence-corrected chi connectivity index (χ0v) is 12.3. The molecule has 108 valence electrons. The Kier molecular flexibility index (Phi) is 3.61. The summed E-state index contributed by atoms with van der Waals surface area (Å²) in [6, 6.07) is 6.01. The molecule has 1 unspecified atom stereocenters. The van der Waals surface area contributed by atoms with Gasteiger partial charge in [0.25, 0.3) is 0 Å². The normalized spacial score (nSPS) is 13.7. The summed E-state index contributed by atoms with van der Waals surface area (Å²) in [7, 11) is 0. The largest absolute Gasteiger partial charge is 0.480 e. The van der Waals surface area contributed by atoms with Crippen molar-refractivity contribution in [2.45, 2.75) is 45.8 Å². The van der Waals surface area contributed by atoms with Gasteiger partial charge in [0.1, 0.15) is 6.54 Å². The van der Waals surface area contributed by atoms with Gasteiger partial charge < -0.3 is 14.8 Å². The Hall–Kier alpha value is -1.81. The number of rotatable bonds is 3. The first-order valence-electron chi connectivity index (χ1n) is 6.73. The Morgan fingerprint density at radius 2 is 2.00 bits per heavy atom. The molecule has 2 N–H and O–H groups in total. The van der Waals surface area contributed by atoms with Crippen molar-refractivity contribution in [2.75, 3.05) is 0 Å². The van der Waals surface area contributed by atoms with Gasteiger partial charge in [0.15, 0.2) is 0 Å². The molecule has 0 aliphatic heterocycles. The minimum atomic E-state index is -0.890. The zero-order chi connectivity index (χ0) is 15.1. The van der Waals surface area contributed by atoms with Crippen LogP contribution in [0.4, 0.5) is 0 Å². The van der Waals surface area contributed by atoms with E-state index in [1.807, 2.05) is 12.1 Å². The lowest BCUT2D eigenvalue weighted by molar-refractivity contribution is -0.137. The Balaban J connectivity index is 2.67. The van der Waals surface area contributed by atoms with Gasteiger partial charge in [-0.05, 0) is 30.0 Å². The maximum Gasteiger partial charge on any atom is 0.323 e. The molecule has 0 saturated heterocycles. The monoisotopic (exact) mass is 275 g/mol. The first kappa shape index (κ1) is 14.6. The van der Waals surface area contributed by atoms with E-state index in [1.165, 1.54) is 5.56 Å². The highest BCUT2D eigenvalue weighted by atomic mass is 16.4. The number of hydrogen-bond acceptors (Lipinski definition) is 2. The van der Waals surface area contributed by atoms with E-state index in [0.717, 1.165) is 16.5 Å². The van der Waals surface area contributed by atoms with Crippen LogP contribution in [-0.2, 0) is 16.8 Å². The van der Waals surface area contributed by atoms with Crippen LogP contribution >= 0.6 is 0 Å². The molecule has 20 heavy (non-hydrogen) atoms. The van der Waals surface area contributed by atoms with Crippen LogP contribution in [0.1, 0.15) is 44.9 Å². The Morgan fingerprint density at radius 3 is 2.50 bits per heavy atom. The van der Waals surface area contributed by atoms with Gasteiger partial charge in [0, 0.05) is 22.7 Å². The van der Waals surface area contributed by atoms with Gasteiger partial charge in [-0.1, -0.05) is 26.8 Å². The van der Waals surface area contributed by atoms with Gasteiger partial charge in [0.2, 0.25) is 0 Å². The molecule has 2 rings (SSSR count). The molecule has 0 radical (unpaired) electrons. The number of carboxylic acids is 1. The maximum absolute atomic E-state index is 10.9. The molecule has 4 heteroatoms. The number of aromatic nitrogens is 1. The van der Waals surface area contributed by atoms with E-state index < -0.39 is 12.1 Å². The summed E-state index contributed by atoms with van der Waals surface area (Å²) in [4.78, 5) is 10.9. The summed E-state index contributed by atoms with van der Waals surface area (Å²) in [6.07, 6.45) is 1.11. The van der Waals surface area contributed by atoms with Gasteiger partial charge in [0.05, 0.1) is 6.10 Å². The van der Waals surface area contributed by atoms with Crippen LogP contribution in [0.5, 0.6) is 0 Å². The molecular weight excluding hydrogens is 254 g/mol. The summed E-state index contributed by atoms with van der Waals surface area (Å²) in [5.74, 6) is -0.890. The van der Waals surface area contributed by atoms with E-state index in [-0.39, 0.29) is 12.0 Å². The van der Waals surface area contributed by atoms with Crippen molar-refractivity contribution in [3.05, 3.63) is 35.5 Å². The van der Waals surface area contributed by atoms with E-state index in [0.29, 0.717) is 0 Å². The van der Waals surface area contributed by atoms with Crippen LogP contribution in [0, 0.1) is 0 Å². The highest BCUT2D eigenvalue weighted by Gasteiger charge is 2.18. The van der Waals surface area contributed by atoms with Crippen molar-refractivity contribution in [1.29, 1.82) is 0 Å².